The molecule has 0 saturated carbocycles. The molecule has 4 rings (SSSR count). The Morgan fingerprint density at radius 3 is 2.63 bits per heavy atom. The van der Waals surface area contributed by atoms with Gasteiger partial charge in [-0.15, -0.1) is 0 Å². The summed E-state index contributed by atoms with van der Waals surface area (Å²) in [5.41, 5.74) is 5.21. The first kappa shape index (κ1) is 17.0. The second-order valence-electron chi connectivity index (χ2n) is 6.52. The third-order valence-corrected chi connectivity index (χ3v) is 4.57. The van der Waals surface area contributed by atoms with Crippen LogP contribution < -0.4 is 5.32 Å². The molecule has 0 bridgehead atoms. The van der Waals surface area contributed by atoms with Gasteiger partial charge in [0.05, 0.1) is 0 Å². The van der Waals surface area contributed by atoms with Crippen LogP contribution in [0.4, 0.5) is 4.39 Å². The molecule has 2 N–H and O–H groups in total. The summed E-state index contributed by atoms with van der Waals surface area (Å²) in [4.78, 5) is 15.5. The third kappa shape index (κ3) is 3.33. The van der Waals surface area contributed by atoms with Crippen LogP contribution in [-0.2, 0) is 6.54 Å². The average Bonchev–Trinajstić information content (AvgIpc) is 3.24. The Kier molecular flexibility index (Phi) is 4.24. The first-order valence-corrected chi connectivity index (χ1v) is 8.60. The number of hydrogen-bond donors (Lipinski definition) is 2. The van der Waals surface area contributed by atoms with Crippen LogP contribution in [-0.4, -0.2) is 16.0 Å². The van der Waals surface area contributed by atoms with Crippen molar-refractivity contribution in [3.8, 4) is 11.3 Å². The fourth-order valence-electron chi connectivity index (χ4n) is 3.14. The van der Waals surface area contributed by atoms with Crippen molar-refractivity contribution in [3.05, 3.63) is 76.9 Å². The van der Waals surface area contributed by atoms with Crippen molar-refractivity contribution < 1.29 is 13.7 Å². The molecule has 0 spiro atoms. The molecule has 0 fully saturated rings. The molecule has 2 aromatic carbocycles. The maximum Gasteiger partial charge on any atom is 0.273 e. The molecule has 4 aromatic rings. The van der Waals surface area contributed by atoms with Crippen LogP contribution in [0.15, 0.2) is 53.1 Å². The lowest BCUT2D eigenvalue weighted by Crippen LogP contribution is -2.23. The fraction of sp³-hybridized carbons (Fsp3) is 0.143. The number of nitrogens with one attached hydrogen (secondary N) is 2. The summed E-state index contributed by atoms with van der Waals surface area (Å²) in [5.74, 6) is 0.0652. The number of amides is 1. The molecule has 0 aliphatic heterocycles. The van der Waals surface area contributed by atoms with Crippen LogP contribution >= 0.6 is 0 Å². The number of fused-ring (bicyclic) bond motifs is 1. The number of rotatable bonds is 4. The summed E-state index contributed by atoms with van der Waals surface area (Å²) in [6.07, 6.45) is 0. The van der Waals surface area contributed by atoms with Crippen molar-refractivity contribution in [1.82, 2.24) is 15.5 Å². The van der Waals surface area contributed by atoms with E-state index in [0.717, 1.165) is 33.3 Å². The predicted molar refractivity (Wildman–Crippen MR) is 101 cm³/mol. The molecule has 0 atom stereocenters. The predicted octanol–water partition coefficient (Wildman–Crippen LogP) is 4.51. The van der Waals surface area contributed by atoms with Crippen molar-refractivity contribution in [1.29, 1.82) is 0 Å². The Labute approximate surface area is 155 Å². The summed E-state index contributed by atoms with van der Waals surface area (Å²) in [7, 11) is 0. The number of nitrogens with zero attached hydrogens (tertiary/aromatic N) is 1. The summed E-state index contributed by atoms with van der Waals surface area (Å²) in [6.45, 7) is 4.15. The molecule has 1 amide bonds. The van der Waals surface area contributed by atoms with Gasteiger partial charge in [-0.1, -0.05) is 11.2 Å². The highest BCUT2D eigenvalue weighted by Crippen LogP contribution is 2.30. The number of H-pyrrole nitrogens is 1. The van der Waals surface area contributed by atoms with Crippen LogP contribution in [0.25, 0.3) is 22.2 Å². The van der Waals surface area contributed by atoms with Crippen molar-refractivity contribution >= 4 is 16.8 Å². The standard InChI is InChI=1S/C21H18FN3O2/c1-12-9-19(25-27-12)21(26)23-11-14-3-8-18-17(10-14)13(2)20(24-18)15-4-6-16(22)7-5-15/h3-10,24H,11H2,1-2H3,(H,23,26). The highest BCUT2D eigenvalue weighted by atomic mass is 19.1. The first-order valence-electron chi connectivity index (χ1n) is 8.60. The third-order valence-electron chi connectivity index (χ3n) is 4.57. The Morgan fingerprint density at radius 2 is 1.93 bits per heavy atom. The molecule has 5 nitrogen and oxygen atoms in total. The normalized spacial score (nSPS) is 11.1. The van der Waals surface area contributed by atoms with Crippen molar-refractivity contribution in [2.75, 3.05) is 0 Å². The van der Waals surface area contributed by atoms with Gasteiger partial charge in [-0.05, 0) is 66.9 Å². The number of carbonyl (C=O) groups is 1. The number of benzene rings is 2. The molecule has 27 heavy (non-hydrogen) atoms. The SMILES string of the molecule is Cc1cc(C(=O)NCc2ccc3[nH]c(-c4ccc(F)cc4)c(C)c3c2)no1. The highest BCUT2D eigenvalue weighted by molar-refractivity contribution is 5.93. The highest BCUT2D eigenvalue weighted by Gasteiger charge is 2.12. The minimum atomic E-state index is -0.273. The van der Waals surface area contributed by atoms with Crippen LogP contribution in [0, 0.1) is 19.7 Å². The Balaban J connectivity index is 1.57. The molecule has 0 aliphatic carbocycles. The van der Waals surface area contributed by atoms with Crippen molar-refractivity contribution in [2.45, 2.75) is 20.4 Å². The molecule has 0 saturated heterocycles. The molecule has 0 unspecified atom stereocenters. The monoisotopic (exact) mass is 363 g/mol. The number of aromatic nitrogens is 2. The Hall–Kier alpha value is -3.41. The zero-order chi connectivity index (χ0) is 19.0. The topological polar surface area (TPSA) is 70.9 Å². The zero-order valence-electron chi connectivity index (χ0n) is 15.0. The van der Waals surface area contributed by atoms with E-state index in [1.54, 1.807) is 25.1 Å². The van der Waals surface area contributed by atoms with E-state index < -0.39 is 0 Å². The summed E-state index contributed by atoms with van der Waals surface area (Å²) in [5, 5.41) is 7.63. The van der Waals surface area contributed by atoms with Crippen LogP contribution in [0.2, 0.25) is 0 Å². The van der Waals surface area contributed by atoms with E-state index in [1.165, 1.54) is 12.1 Å². The summed E-state index contributed by atoms with van der Waals surface area (Å²) >= 11 is 0. The molecule has 136 valence electrons. The maximum atomic E-state index is 13.2. The van der Waals surface area contributed by atoms with Gasteiger partial charge in [0.25, 0.3) is 5.91 Å². The Morgan fingerprint density at radius 1 is 1.15 bits per heavy atom. The van der Waals surface area contributed by atoms with E-state index in [9.17, 15) is 9.18 Å². The van der Waals surface area contributed by atoms with E-state index >= 15 is 0 Å². The Bertz CT molecular complexity index is 1130. The summed E-state index contributed by atoms with van der Waals surface area (Å²) < 4.78 is 18.1. The second kappa shape index (κ2) is 6.72. The summed E-state index contributed by atoms with van der Waals surface area (Å²) in [6, 6.07) is 14.0. The van der Waals surface area contributed by atoms with Gasteiger partial charge in [-0.3, -0.25) is 4.79 Å². The number of carbonyl (C=O) groups excluding carboxylic acids is 1. The van der Waals surface area contributed by atoms with Gasteiger partial charge in [-0.25, -0.2) is 4.39 Å². The zero-order valence-corrected chi connectivity index (χ0v) is 15.0. The quantitative estimate of drug-likeness (QED) is 0.560. The van der Waals surface area contributed by atoms with Gasteiger partial charge in [0.2, 0.25) is 0 Å². The number of aromatic amines is 1. The van der Waals surface area contributed by atoms with E-state index in [-0.39, 0.29) is 17.4 Å². The van der Waals surface area contributed by atoms with Gasteiger partial charge < -0.3 is 14.8 Å². The smallest absolute Gasteiger partial charge is 0.273 e. The number of halogens is 1. The molecule has 2 heterocycles. The van der Waals surface area contributed by atoms with E-state index in [1.807, 2.05) is 25.1 Å². The van der Waals surface area contributed by atoms with Crippen LogP contribution in [0.1, 0.15) is 27.4 Å². The van der Waals surface area contributed by atoms with Gasteiger partial charge in [0.1, 0.15) is 11.6 Å². The van der Waals surface area contributed by atoms with Crippen molar-refractivity contribution in [3.63, 3.8) is 0 Å². The fourth-order valence-corrected chi connectivity index (χ4v) is 3.14. The van der Waals surface area contributed by atoms with Gasteiger partial charge >= 0.3 is 0 Å². The lowest BCUT2D eigenvalue weighted by Gasteiger charge is -2.04. The molecular weight excluding hydrogens is 345 g/mol. The lowest BCUT2D eigenvalue weighted by molar-refractivity contribution is 0.0942. The second-order valence-corrected chi connectivity index (χ2v) is 6.52. The molecular formula is C21H18FN3O2. The van der Waals surface area contributed by atoms with E-state index in [2.05, 4.69) is 15.5 Å². The van der Waals surface area contributed by atoms with Crippen molar-refractivity contribution in [2.24, 2.45) is 0 Å². The maximum absolute atomic E-state index is 13.2. The van der Waals surface area contributed by atoms with E-state index in [0.29, 0.717) is 12.3 Å². The average molecular weight is 363 g/mol. The molecule has 6 heteroatoms. The van der Waals surface area contributed by atoms with Gasteiger partial charge in [0, 0.05) is 29.2 Å². The minimum Gasteiger partial charge on any atom is -0.361 e. The number of aryl methyl sites for hydroxylation is 2. The number of hydrogen-bond acceptors (Lipinski definition) is 3. The molecule has 0 radical (unpaired) electrons. The van der Waals surface area contributed by atoms with Crippen LogP contribution in [0.3, 0.4) is 0 Å². The minimum absolute atomic E-state index is 0.257. The largest absolute Gasteiger partial charge is 0.361 e. The molecule has 2 aromatic heterocycles. The van der Waals surface area contributed by atoms with Gasteiger partial charge in [-0.2, -0.15) is 0 Å². The molecule has 0 aliphatic rings. The first-order chi connectivity index (χ1) is 13.0. The van der Waals surface area contributed by atoms with E-state index in [4.69, 9.17) is 4.52 Å². The van der Waals surface area contributed by atoms with Gasteiger partial charge in [0.15, 0.2) is 5.69 Å². The lowest BCUT2D eigenvalue weighted by atomic mass is 10.0. The van der Waals surface area contributed by atoms with Crippen LogP contribution in [0.5, 0.6) is 0 Å².